The Labute approximate surface area is 154 Å². The van der Waals surface area contributed by atoms with Crippen LogP contribution in [-0.4, -0.2) is 42.0 Å². The van der Waals surface area contributed by atoms with E-state index in [4.69, 9.17) is 0 Å². The van der Waals surface area contributed by atoms with Crippen LogP contribution in [0.25, 0.3) is 0 Å². The molecule has 8 heteroatoms. The quantitative estimate of drug-likeness (QED) is 0.842. The summed E-state index contributed by atoms with van der Waals surface area (Å²) < 4.78 is 0. The minimum Gasteiger partial charge on any atom is -0.316 e. The summed E-state index contributed by atoms with van der Waals surface area (Å²) in [6.45, 7) is 7.27. The molecule has 0 saturated carbocycles. The molecule has 1 aromatic rings. The van der Waals surface area contributed by atoms with Crippen LogP contribution in [0.3, 0.4) is 0 Å². The molecule has 1 amide bonds. The smallest absolute Gasteiger partial charge is 0.230 e. The number of rotatable bonds is 4. The summed E-state index contributed by atoms with van der Waals surface area (Å²) in [5, 5.41) is 8.99. The van der Waals surface area contributed by atoms with Gasteiger partial charge in [-0.05, 0) is 38.3 Å². The predicted molar refractivity (Wildman–Crippen MR) is 99.9 cm³/mol. The summed E-state index contributed by atoms with van der Waals surface area (Å²) in [5.74, 6) is 0.985. The van der Waals surface area contributed by atoms with Gasteiger partial charge in [0.25, 0.3) is 0 Å². The first-order chi connectivity index (χ1) is 10.2. The zero-order valence-electron chi connectivity index (χ0n) is 13.4. The Kier molecular flexibility index (Phi) is 8.79. The molecule has 23 heavy (non-hydrogen) atoms. The highest BCUT2D eigenvalue weighted by Crippen LogP contribution is 2.21. The van der Waals surface area contributed by atoms with Crippen LogP contribution in [0.4, 0.5) is 5.13 Å². The number of amides is 1. The largest absolute Gasteiger partial charge is 0.316 e. The number of aromatic nitrogens is 1. The second-order valence-electron chi connectivity index (χ2n) is 6.31. The van der Waals surface area contributed by atoms with Gasteiger partial charge in [0.2, 0.25) is 5.91 Å². The first-order valence-corrected chi connectivity index (χ1v) is 8.77. The van der Waals surface area contributed by atoms with E-state index in [1.165, 1.54) is 24.2 Å². The Morgan fingerprint density at radius 2 is 2.30 bits per heavy atom. The number of likely N-dealkylation sites (tertiary alicyclic amines) is 1. The number of carbonyl (C=O) groups excluding carboxylic acids is 1. The molecule has 0 radical (unpaired) electrons. The molecule has 3 heterocycles. The van der Waals surface area contributed by atoms with Crippen molar-refractivity contribution in [1.29, 1.82) is 0 Å². The SMILES string of the molecule is CC1CCCN(Cc2csc(NC(=O)C3CCNC3)n2)C1.Cl.Cl. The molecule has 2 aliphatic rings. The number of carbonyl (C=O) groups is 1. The minimum atomic E-state index is 0. The zero-order valence-corrected chi connectivity index (χ0v) is 15.9. The van der Waals surface area contributed by atoms with Gasteiger partial charge in [0, 0.05) is 25.0 Å². The third kappa shape index (κ3) is 5.87. The van der Waals surface area contributed by atoms with Gasteiger partial charge < -0.3 is 10.6 Å². The highest BCUT2D eigenvalue weighted by Gasteiger charge is 2.23. The lowest BCUT2D eigenvalue weighted by atomic mass is 10.0. The van der Waals surface area contributed by atoms with E-state index in [2.05, 4.69) is 32.8 Å². The maximum absolute atomic E-state index is 12.1. The van der Waals surface area contributed by atoms with Crippen molar-refractivity contribution in [2.75, 3.05) is 31.5 Å². The van der Waals surface area contributed by atoms with Crippen molar-refractivity contribution in [3.8, 4) is 0 Å². The summed E-state index contributed by atoms with van der Waals surface area (Å²) >= 11 is 1.54. The third-order valence-electron chi connectivity index (χ3n) is 4.34. The van der Waals surface area contributed by atoms with Crippen molar-refractivity contribution in [3.05, 3.63) is 11.1 Å². The van der Waals surface area contributed by atoms with Gasteiger partial charge in [0.1, 0.15) is 0 Å². The molecule has 2 fully saturated rings. The van der Waals surface area contributed by atoms with Crippen molar-refractivity contribution in [3.63, 3.8) is 0 Å². The molecule has 5 nitrogen and oxygen atoms in total. The molecule has 132 valence electrons. The van der Waals surface area contributed by atoms with Gasteiger partial charge in [-0.2, -0.15) is 0 Å². The van der Waals surface area contributed by atoms with Crippen LogP contribution in [0, 0.1) is 11.8 Å². The lowest BCUT2D eigenvalue weighted by molar-refractivity contribution is -0.119. The van der Waals surface area contributed by atoms with E-state index in [-0.39, 0.29) is 36.6 Å². The Bertz CT molecular complexity index is 494. The Balaban J connectivity index is 0.00000132. The number of nitrogens with zero attached hydrogens (tertiary/aromatic N) is 2. The number of thiazole rings is 1. The van der Waals surface area contributed by atoms with Crippen molar-refractivity contribution in [1.82, 2.24) is 15.2 Å². The molecule has 2 aliphatic heterocycles. The van der Waals surface area contributed by atoms with Crippen LogP contribution in [0.5, 0.6) is 0 Å². The van der Waals surface area contributed by atoms with Crippen molar-refractivity contribution in [2.45, 2.75) is 32.7 Å². The molecule has 0 aromatic carbocycles. The van der Waals surface area contributed by atoms with E-state index in [1.54, 1.807) is 0 Å². The van der Waals surface area contributed by atoms with Gasteiger partial charge in [-0.3, -0.25) is 9.69 Å². The summed E-state index contributed by atoms with van der Waals surface area (Å²) in [7, 11) is 0. The average molecular weight is 381 g/mol. The van der Waals surface area contributed by atoms with Crippen LogP contribution < -0.4 is 10.6 Å². The normalized spacial score (nSPS) is 24.6. The number of hydrogen-bond acceptors (Lipinski definition) is 5. The van der Waals surface area contributed by atoms with Crippen LogP contribution in [0.1, 0.15) is 31.9 Å². The molecule has 2 N–H and O–H groups in total. The first kappa shape index (κ1) is 20.6. The summed E-state index contributed by atoms with van der Waals surface area (Å²) in [6.07, 6.45) is 3.55. The van der Waals surface area contributed by atoms with Gasteiger partial charge in [-0.15, -0.1) is 36.2 Å². The van der Waals surface area contributed by atoms with E-state index in [9.17, 15) is 4.79 Å². The van der Waals surface area contributed by atoms with E-state index in [0.717, 1.165) is 55.9 Å². The number of nitrogens with one attached hydrogen (secondary N) is 2. The zero-order chi connectivity index (χ0) is 14.7. The highest BCUT2D eigenvalue weighted by molar-refractivity contribution is 7.13. The molecule has 1 aromatic heterocycles. The van der Waals surface area contributed by atoms with Crippen LogP contribution in [0.15, 0.2) is 5.38 Å². The fourth-order valence-corrected chi connectivity index (χ4v) is 3.89. The number of hydrogen-bond donors (Lipinski definition) is 2. The third-order valence-corrected chi connectivity index (χ3v) is 5.15. The second-order valence-corrected chi connectivity index (χ2v) is 7.16. The molecule has 0 aliphatic carbocycles. The van der Waals surface area contributed by atoms with Gasteiger partial charge in [0.05, 0.1) is 11.6 Å². The molecular formula is C15H26Cl2N4OS. The predicted octanol–water partition coefficient (Wildman–Crippen LogP) is 2.77. The van der Waals surface area contributed by atoms with E-state index >= 15 is 0 Å². The Hall–Kier alpha value is -0.400. The summed E-state index contributed by atoms with van der Waals surface area (Å²) in [5.41, 5.74) is 1.08. The van der Waals surface area contributed by atoms with Crippen molar-refractivity contribution >= 4 is 47.2 Å². The maximum Gasteiger partial charge on any atom is 0.230 e. The van der Waals surface area contributed by atoms with Gasteiger partial charge in [-0.1, -0.05) is 6.92 Å². The Morgan fingerprint density at radius 1 is 1.48 bits per heavy atom. The van der Waals surface area contributed by atoms with Crippen LogP contribution >= 0.6 is 36.2 Å². The topological polar surface area (TPSA) is 57.3 Å². The molecule has 2 unspecified atom stereocenters. The molecule has 2 saturated heterocycles. The molecule has 0 bridgehead atoms. The monoisotopic (exact) mass is 380 g/mol. The van der Waals surface area contributed by atoms with Crippen LogP contribution in [-0.2, 0) is 11.3 Å². The Morgan fingerprint density at radius 3 is 3.00 bits per heavy atom. The number of anilines is 1. The van der Waals surface area contributed by atoms with Crippen LogP contribution in [0.2, 0.25) is 0 Å². The maximum atomic E-state index is 12.1. The molecule has 0 spiro atoms. The summed E-state index contributed by atoms with van der Waals surface area (Å²) in [4.78, 5) is 19.1. The fourth-order valence-electron chi connectivity index (χ4n) is 3.18. The molecule has 2 atom stereocenters. The second kappa shape index (κ2) is 9.79. The minimum absolute atomic E-state index is 0. The van der Waals surface area contributed by atoms with Crippen molar-refractivity contribution < 1.29 is 4.79 Å². The van der Waals surface area contributed by atoms with Gasteiger partial charge in [0.15, 0.2) is 5.13 Å². The van der Waals surface area contributed by atoms with E-state index in [1.807, 2.05) is 0 Å². The molecular weight excluding hydrogens is 355 g/mol. The van der Waals surface area contributed by atoms with Crippen molar-refractivity contribution in [2.24, 2.45) is 11.8 Å². The standard InChI is InChI=1S/C15H24N4OS.2ClH/c1-11-3-2-6-19(8-11)9-13-10-21-15(17-13)18-14(20)12-4-5-16-7-12;;/h10-12,16H,2-9H2,1H3,(H,17,18,20);2*1H. The van der Waals surface area contributed by atoms with Gasteiger partial charge >= 0.3 is 0 Å². The average Bonchev–Trinajstić information content (AvgIpc) is 3.10. The fraction of sp³-hybridized carbons (Fsp3) is 0.733. The number of halogens is 2. The highest BCUT2D eigenvalue weighted by atomic mass is 35.5. The van der Waals surface area contributed by atoms with E-state index < -0.39 is 0 Å². The summed E-state index contributed by atoms with van der Waals surface area (Å²) in [6, 6.07) is 0. The molecule has 3 rings (SSSR count). The lowest BCUT2D eigenvalue weighted by Crippen LogP contribution is -2.33. The number of piperidine rings is 1. The first-order valence-electron chi connectivity index (χ1n) is 7.89. The van der Waals surface area contributed by atoms with Gasteiger partial charge in [-0.25, -0.2) is 4.98 Å². The van der Waals surface area contributed by atoms with E-state index in [0.29, 0.717) is 0 Å². The lowest BCUT2D eigenvalue weighted by Gasteiger charge is -2.30.